The Bertz CT molecular complexity index is 609. The van der Waals surface area contributed by atoms with Gasteiger partial charge in [0.2, 0.25) is 11.8 Å². The van der Waals surface area contributed by atoms with Crippen molar-refractivity contribution in [2.45, 2.75) is 12.8 Å². The first-order valence-electron chi connectivity index (χ1n) is 5.73. The molecule has 1 heterocycles. The minimum Gasteiger partial charge on any atom is -0.508 e. The second-order valence-corrected chi connectivity index (χ2v) is 4.10. The molecule has 0 aromatic heterocycles. The van der Waals surface area contributed by atoms with Gasteiger partial charge in [-0.15, -0.1) is 0 Å². The van der Waals surface area contributed by atoms with Gasteiger partial charge in [0.1, 0.15) is 11.5 Å². The molecule has 1 aromatic rings. The van der Waals surface area contributed by atoms with E-state index >= 15 is 0 Å². The molecule has 0 saturated heterocycles. The van der Waals surface area contributed by atoms with E-state index in [9.17, 15) is 14.7 Å². The van der Waals surface area contributed by atoms with Crippen molar-refractivity contribution in [1.29, 1.82) is 0 Å². The maximum absolute atomic E-state index is 11.5. The van der Waals surface area contributed by atoms with Crippen LogP contribution in [0.4, 0.5) is 0 Å². The van der Waals surface area contributed by atoms with Gasteiger partial charge in [-0.25, -0.2) is 10.9 Å². The van der Waals surface area contributed by atoms with E-state index < -0.39 is 5.91 Å². The van der Waals surface area contributed by atoms with Gasteiger partial charge in [-0.05, 0) is 12.1 Å². The van der Waals surface area contributed by atoms with Gasteiger partial charge in [0.05, 0.1) is 24.8 Å². The quantitative estimate of drug-likeness (QED) is 0.449. The zero-order chi connectivity index (χ0) is 14.5. The number of benzene rings is 1. The second-order valence-electron chi connectivity index (χ2n) is 4.10. The Morgan fingerprint density at radius 1 is 1.50 bits per heavy atom. The molecule has 0 spiro atoms. The molecule has 0 saturated carbocycles. The summed E-state index contributed by atoms with van der Waals surface area (Å²) in [6.07, 6.45) is 1.32. The molecule has 0 radical (unpaired) electrons. The smallest absolute Gasteiger partial charge is 0.245 e. The van der Waals surface area contributed by atoms with Crippen LogP contribution in [-0.2, 0) is 9.59 Å². The Morgan fingerprint density at radius 2 is 2.30 bits per heavy atom. The zero-order valence-corrected chi connectivity index (χ0v) is 10.3. The van der Waals surface area contributed by atoms with Crippen molar-refractivity contribution in [3.8, 4) is 11.5 Å². The van der Waals surface area contributed by atoms with Crippen molar-refractivity contribution in [1.82, 2.24) is 10.9 Å². The molecule has 0 atom stereocenters. The lowest BCUT2D eigenvalue weighted by atomic mass is 10.2. The van der Waals surface area contributed by atoms with Crippen LogP contribution in [0.2, 0.25) is 0 Å². The molecule has 0 fully saturated rings. The van der Waals surface area contributed by atoms with E-state index in [2.05, 4.69) is 21.1 Å². The lowest BCUT2D eigenvalue weighted by Crippen LogP contribution is -2.20. The molecule has 0 unspecified atom stereocenters. The third-order valence-corrected chi connectivity index (χ3v) is 2.47. The summed E-state index contributed by atoms with van der Waals surface area (Å²) in [6.45, 7) is 0. The van der Waals surface area contributed by atoms with E-state index in [-0.39, 0.29) is 30.2 Å². The molecule has 1 aromatic carbocycles. The SMILES string of the molecule is O=C1CC(CC(=O)N/N=C/c2ccc(O)cc2O)=NN1. The lowest BCUT2D eigenvalue weighted by molar-refractivity contribution is -0.119. The van der Waals surface area contributed by atoms with Crippen LogP contribution in [0.3, 0.4) is 0 Å². The molecule has 0 bridgehead atoms. The van der Waals surface area contributed by atoms with Crippen molar-refractivity contribution >= 4 is 23.7 Å². The fourth-order valence-electron chi connectivity index (χ4n) is 1.55. The fraction of sp³-hybridized carbons (Fsp3) is 0.167. The molecule has 4 N–H and O–H groups in total. The maximum atomic E-state index is 11.5. The molecule has 2 amide bonds. The summed E-state index contributed by atoms with van der Waals surface area (Å²) < 4.78 is 0. The van der Waals surface area contributed by atoms with Gasteiger partial charge in [0.15, 0.2) is 0 Å². The van der Waals surface area contributed by atoms with Crippen LogP contribution in [-0.4, -0.2) is 34.0 Å². The fourth-order valence-corrected chi connectivity index (χ4v) is 1.55. The minimum absolute atomic E-state index is 0.0301. The predicted molar refractivity (Wildman–Crippen MR) is 70.3 cm³/mol. The highest BCUT2D eigenvalue weighted by Gasteiger charge is 2.16. The highest BCUT2D eigenvalue weighted by Crippen LogP contribution is 2.20. The van der Waals surface area contributed by atoms with Crippen molar-refractivity contribution in [2.24, 2.45) is 10.2 Å². The number of rotatable bonds is 4. The molecule has 0 aliphatic carbocycles. The number of hydrazone groups is 2. The van der Waals surface area contributed by atoms with Crippen LogP contribution in [0.25, 0.3) is 0 Å². The molecule has 8 nitrogen and oxygen atoms in total. The first-order chi connectivity index (χ1) is 9.54. The Labute approximate surface area is 113 Å². The van der Waals surface area contributed by atoms with E-state index in [1.807, 2.05) is 0 Å². The molecule has 104 valence electrons. The van der Waals surface area contributed by atoms with Crippen LogP contribution in [0.5, 0.6) is 11.5 Å². The Morgan fingerprint density at radius 3 is 2.95 bits per heavy atom. The van der Waals surface area contributed by atoms with E-state index in [0.29, 0.717) is 11.3 Å². The monoisotopic (exact) mass is 276 g/mol. The van der Waals surface area contributed by atoms with E-state index in [0.717, 1.165) is 6.07 Å². The maximum Gasteiger partial charge on any atom is 0.245 e. The number of amides is 2. The molecular formula is C12H12N4O4. The summed E-state index contributed by atoms with van der Waals surface area (Å²) in [4.78, 5) is 22.4. The number of nitrogens with zero attached hydrogens (tertiary/aromatic N) is 2. The number of aromatic hydroxyl groups is 2. The first-order valence-corrected chi connectivity index (χ1v) is 5.73. The van der Waals surface area contributed by atoms with Gasteiger partial charge >= 0.3 is 0 Å². The van der Waals surface area contributed by atoms with Gasteiger partial charge in [-0.2, -0.15) is 10.2 Å². The summed E-state index contributed by atoms with van der Waals surface area (Å²) in [7, 11) is 0. The number of nitrogens with one attached hydrogen (secondary N) is 2. The summed E-state index contributed by atoms with van der Waals surface area (Å²) in [5.41, 5.74) is 5.28. The Balaban J connectivity index is 1.86. The number of hydrogen-bond acceptors (Lipinski definition) is 6. The Kier molecular flexibility index (Phi) is 3.94. The van der Waals surface area contributed by atoms with Crippen LogP contribution in [0, 0.1) is 0 Å². The molecule has 8 heteroatoms. The van der Waals surface area contributed by atoms with Crippen molar-refractivity contribution in [2.75, 3.05) is 0 Å². The summed E-state index contributed by atoms with van der Waals surface area (Å²) in [5, 5.41) is 25.9. The van der Waals surface area contributed by atoms with Gasteiger partial charge in [0.25, 0.3) is 0 Å². The van der Waals surface area contributed by atoms with Gasteiger partial charge in [-0.1, -0.05) is 0 Å². The van der Waals surface area contributed by atoms with Crippen molar-refractivity contribution < 1.29 is 19.8 Å². The first kappa shape index (κ1) is 13.5. The van der Waals surface area contributed by atoms with E-state index in [4.69, 9.17) is 5.11 Å². The summed E-state index contributed by atoms with van der Waals surface area (Å²) >= 11 is 0. The summed E-state index contributed by atoms with van der Waals surface area (Å²) in [6, 6.07) is 3.99. The molecular weight excluding hydrogens is 264 g/mol. The number of carbonyl (C=O) groups excluding carboxylic acids is 2. The molecule has 1 aliphatic rings. The third kappa shape index (κ3) is 3.55. The normalized spacial score (nSPS) is 14.2. The average molecular weight is 276 g/mol. The van der Waals surface area contributed by atoms with Crippen LogP contribution in [0.15, 0.2) is 28.4 Å². The Hall–Kier alpha value is -2.90. The predicted octanol–water partition coefficient (Wildman–Crippen LogP) is -0.186. The van der Waals surface area contributed by atoms with Crippen LogP contribution >= 0.6 is 0 Å². The van der Waals surface area contributed by atoms with Gasteiger partial charge in [0, 0.05) is 11.6 Å². The van der Waals surface area contributed by atoms with Crippen molar-refractivity contribution in [3.05, 3.63) is 23.8 Å². The number of phenols is 2. The standard InChI is InChI=1S/C12H12N4O4/c17-9-2-1-7(10(18)5-9)6-13-15-11(19)3-8-4-12(20)16-14-8/h1-2,5-6,17-18H,3-4H2,(H,15,19)(H,16,20)/b13-6+. The molecule has 2 rings (SSSR count). The van der Waals surface area contributed by atoms with Crippen molar-refractivity contribution in [3.63, 3.8) is 0 Å². The van der Waals surface area contributed by atoms with E-state index in [1.165, 1.54) is 18.3 Å². The largest absolute Gasteiger partial charge is 0.508 e. The number of hydrogen-bond donors (Lipinski definition) is 4. The summed E-state index contributed by atoms with van der Waals surface area (Å²) in [5.74, 6) is -0.891. The lowest BCUT2D eigenvalue weighted by Gasteiger charge is -2.00. The topological polar surface area (TPSA) is 123 Å². The number of carbonyl (C=O) groups is 2. The molecule has 20 heavy (non-hydrogen) atoms. The third-order valence-electron chi connectivity index (χ3n) is 2.47. The molecule has 1 aliphatic heterocycles. The minimum atomic E-state index is -0.422. The van der Waals surface area contributed by atoms with Gasteiger partial charge in [-0.3, -0.25) is 9.59 Å². The highest BCUT2D eigenvalue weighted by atomic mass is 16.3. The number of phenolic OH excluding ortho intramolecular Hbond substituents is 2. The highest BCUT2D eigenvalue weighted by molar-refractivity contribution is 6.11. The van der Waals surface area contributed by atoms with Crippen LogP contribution < -0.4 is 10.9 Å². The van der Waals surface area contributed by atoms with Gasteiger partial charge < -0.3 is 10.2 Å². The zero-order valence-electron chi connectivity index (χ0n) is 10.3. The van der Waals surface area contributed by atoms with E-state index in [1.54, 1.807) is 0 Å². The average Bonchev–Trinajstić information content (AvgIpc) is 2.77. The second kappa shape index (κ2) is 5.83. The van der Waals surface area contributed by atoms with Crippen LogP contribution in [0.1, 0.15) is 18.4 Å².